The molecule has 1 N–H and O–H groups in total. The van der Waals surface area contributed by atoms with Crippen LogP contribution < -0.4 is 5.32 Å². The largest absolute Gasteiger partial charge is 0.407 e. The zero-order valence-electron chi connectivity index (χ0n) is 12.0. The summed E-state index contributed by atoms with van der Waals surface area (Å²) in [6.07, 6.45) is 0.946. The minimum Gasteiger partial charge on any atom is -0.407 e. The highest BCUT2D eigenvalue weighted by atomic mass is 16.4. The predicted octanol–water partition coefficient (Wildman–Crippen LogP) is 3.13. The van der Waals surface area contributed by atoms with Crippen LogP contribution in [-0.2, 0) is 11.2 Å². The fourth-order valence-corrected chi connectivity index (χ4v) is 1.78. The van der Waals surface area contributed by atoms with E-state index in [4.69, 9.17) is 4.42 Å². The molecule has 1 heterocycles. The van der Waals surface area contributed by atoms with Gasteiger partial charge in [0.05, 0.1) is 6.42 Å². The highest BCUT2D eigenvalue weighted by Crippen LogP contribution is 2.17. The van der Waals surface area contributed by atoms with E-state index in [-0.39, 0.29) is 11.9 Å². The third kappa shape index (κ3) is 3.66. The van der Waals surface area contributed by atoms with Gasteiger partial charge in [-0.2, -0.15) is 0 Å². The van der Waals surface area contributed by atoms with E-state index in [0.29, 0.717) is 24.7 Å². The monoisotopic (exact) mass is 273 g/mol. The molecule has 0 unspecified atom stereocenters. The Morgan fingerprint density at radius 2 is 1.95 bits per heavy atom. The second kappa shape index (κ2) is 6.32. The summed E-state index contributed by atoms with van der Waals surface area (Å²) in [6, 6.07) is 8.49. The number of nitrogens with one attached hydrogen (secondary N) is 1. The summed E-state index contributed by atoms with van der Waals surface area (Å²) in [5, 5.41) is 10.3. The summed E-state index contributed by atoms with van der Waals surface area (Å²) in [5.41, 5.74) is 2.40. The Hall–Kier alpha value is -2.17. The van der Waals surface area contributed by atoms with Gasteiger partial charge >= 0.3 is 6.01 Å². The van der Waals surface area contributed by atoms with Crippen molar-refractivity contribution in [3.8, 4) is 0 Å². The molecule has 0 aliphatic rings. The van der Waals surface area contributed by atoms with Gasteiger partial charge in [0, 0.05) is 6.42 Å². The number of benzene rings is 1. The molecule has 1 aromatic carbocycles. The lowest BCUT2D eigenvalue weighted by Crippen LogP contribution is -2.09. The van der Waals surface area contributed by atoms with Gasteiger partial charge in [0.15, 0.2) is 0 Å². The molecule has 0 spiro atoms. The summed E-state index contributed by atoms with van der Waals surface area (Å²) in [6.45, 7) is 6.09. The first-order valence-corrected chi connectivity index (χ1v) is 6.79. The van der Waals surface area contributed by atoms with E-state index in [1.807, 2.05) is 0 Å². The number of carbonyl (C=O) groups excluding carboxylic acids is 1. The van der Waals surface area contributed by atoms with Crippen LogP contribution in [0.2, 0.25) is 0 Å². The summed E-state index contributed by atoms with van der Waals surface area (Å²) in [4.78, 5) is 11.2. The lowest BCUT2D eigenvalue weighted by Gasteiger charge is -2.05. The van der Waals surface area contributed by atoms with Gasteiger partial charge in [0.25, 0.3) is 0 Å². The molecule has 0 saturated heterocycles. The molecule has 0 aliphatic carbocycles. The van der Waals surface area contributed by atoms with Gasteiger partial charge in [-0.1, -0.05) is 50.1 Å². The molecule has 0 bridgehead atoms. The maximum atomic E-state index is 11.2. The van der Waals surface area contributed by atoms with E-state index < -0.39 is 0 Å². The zero-order chi connectivity index (χ0) is 14.5. The Morgan fingerprint density at radius 1 is 1.25 bits per heavy atom. The van der Waals surface area contributed by atoms with Crippen LogP contribution in [0.3, 0.4) is 0 Å². The quantitative estimate of drug-likeness (QED) is 0.908. The topological polar surface area (TPSA) is 68.0 Å². The van der Waals surface area contributed by atoms with Gasteiger partial charge in [-0.15, -0.1) is 5.10 Å². The van der Waals surface area contributed by atoms with Crippen molar-refractivity contribution in [2.75, 3.05) is 5.32 Å². The molecule has 0 saturated carbocycles. The number of nitrogens with zero attached hydrogens (tertiary/aromatic N) is 2. The second-order valence-electron chi connectivity index (χ2n) is 4.98. The van der Waals surface area contributed by atoms with Crippen molar-refractivity contribution < 1.29 is 9.21 Å². The maximum absolute atomic E-state index is 11.2. The number of hydrogen-bond donors (Lipinski definition) is 1. The third-order valence-corrected chi connectivity index (χ3v) is 3.04. The van der Waals surface area contributed by atoms with Gasteiger partial charge in [0.1, 0.15) is 0 Å². The number of rotatable bonds is 5. The van der Waals surface area contributed by atoms with Crippen LogP contribution in [0, 0.1) is 0 Å². The fourth-order valence-electron chi connectivity index (χ4n) is 1.78. The summed E-state index contributed by atoms with van der Waals surface area (Å²) >= 11 is 0. The fraction of sp³-hybridized carbons (Fsp3) is 0.400. The number of carbonyl (C=O) groups is 1. The first-order valence-electron chi connectivity index (χ1n) is 6.79. The van der Waals surface area contributed by atoms with E-state index in [9.17, 15) is 4.79 Å². The molecule has 106 valence electrons. The van der Waals surface area contributed by atoms with E-state index in [2.05, 4.69) is 53.6 Å². The maximum Gasteiger partial charge on any atom is 0.322 e. The van der Waals surface area contributed by atoms with E-state index >= 15 is 0 Å². The van der Waals surface area contributed by atoms with Crippen LogP contribution in [0.15, 0.2) is 28.7 Å². The molecular weight excluding hydrogens is 254 g/mol. The van der Waals surface area contributed by atoms with Crippen LogP contribution in [-0.4, -0.2) is 16.1 Å². The van der Waals surface area contributed by atoms with E-state index in [1.165, 1.54) is 5.56 Å². The molecule has 0 atom stereocenters. The molecule has 20 heavy (non-hydrogen) atoms. The Bertz CT molecular complexity index is 573. The first kappa shape index (κ1) is 14.2. The van der Waals surface area contributed by atoms with Gasteiger partial charge in [0.2, 0.25) is 11.8 Å². The van der Waals surface area contributed by atoms with Crippen LogP contribution >= 0.6 is 0 Å². The van der Waals surface area contributed by atoms with Crippen molar-refractivity contribution in [1.29, 1.82) is 0 Å². The van der Waals surface area contributed by atoms with Crippen molar-refractivity contribution in [3.05, 3.63) is 41.3 Å². The first-order chi connectivity index (χ1) is 9.58. The van der Waals surface area contributed by atoms with E-state index in [0.717, 1.165) is 5.56 Å². The molecule has 1 aromatic heterocycles. The molecule has 0 fully saturated rings. The lowest BCUT2D eigenvalue weighted by molar-refractivity contribution is -0.116. The van der Waals surface area contributed by atoms with Crippen molar-refractivity contribution in [2.24, 2.45) is 0 Å². The minimum atomic E-state index is -0.138. The summed E-state index contributed by atoms with van der Waals surface area (Å²) in [7, 11) is 0. The van der Waals surface area contributed by atoms with Crippen molar-refractivity contribution >= 4 is 11.9 Å². The van der Waals surface area contributed by atoms with Gasteiger partial charge in [-0.3, -0.25) is 10.1 Å². The number of anilines is 1. The molecular formula is C15H19N3O2. The number of amides is 1. The Morgan fingerprint density at radius 3 is 2.55 bits per heavy atom. The normalized spacial score (nSPS) is 10.8. The zero-order valence-corrected chi connectivity index (χ0v) is 12.0. The highest BCUT2D eigenvalue weighted by molar-refractivity contribution is 5.88. The average Bonchev–Trinajstić information content (AvgIpc) is 2.86. The SMILES string of the molecule is CCC(=O)Nc1nnc(Cc2ccc(C(C)C)cc2)o1. The van der Waals surface area contributed by atoms with Gasteiger partial charge in [-0.25, -0.2) is 0 Å². The number of hydrogen-bond acceptors (Lipinski definition) is 4. The smallest absolute Gasteiger partial charge is 0.322 e. The highest BCUT2D eigenvalue weighted by Gasteiger charge is 2.09. The average molecular weight is 273 g/mol. The second-order valence-corrected chi connectivity index (χ2v) is 4.98. The van der Waals surface area contributed by atoms with E-state index in [1.54, 1.807) is 6.92 Å². The van der Waals surface area contributed by atoms with Crippen molar-refractivity contribution in [3.63, 3.8) is 0 Å². The minimum absolute atomic E-state index is 0.138. The molecule has 1 amide bonds. The van der Waals surface area contributed by atoms with Crippen molar-refractivity contribution in [2.45, 2.75) is 39.5 Å². The van der Waals surface area contributed by atoms with Crippen LogP contribution in [0.4, 0.5) is 6.01 Å². The molecule has 2 rings (SSSR count). The van der Waals surface area contributed by atoms with Crippen molar-refractivity contribution in [1.82, 2.24) is 10.2 Å². The predicted molar refractivity (Wildman–Crippen MR) is 76.6 cm³/mol. The summed E-state index contributed by atoms with van der Waals surface area (Å²) in [5.74, 6) is 0.874. The Kier molecular flexibility index (Phi) is 4.50. The Balaban J connectivity index is 2.01. The third-order valence-electron chi connectivity index (χ3n) is 3.04. The summed E-state index contributed by atoms with van der Waals surface area (Å²) < 4.78 is 5.38. The molecule has 5 heteroatoms. The van der Waals surface area contributed by atoms with Gasteiger partial charge in [-0.05, 0) is 17.0 Å². The molecule has 0 radical (unpaired) electrons. The number of aromatic nitrogens is 2. The van der Waals surface area contributed by atoms with Crippen LogP contribution in [0.25, 0.3) is 0 Å². The van der Waals surface area contributed by atoms with Crippen LogP contribution in [0.1, 0.15) is 50.1 Å². The van der Waals surface area contributed by atoms with Gasteiger partial charge < -0.3 is 4.42 Å². The molecule has 2 aromatic rings. The lowest BCUT2D eigenvalue weighted by atomic mass is 10.0. The standard InChI is InChI=1S/C15H19N3O2/c1-4-13(19)16-15-18-17-14(20-15)9-11-5-7-12(8-6-11)10(2)3/h5-8,10H,4,9H2,1-3H3,(H,16,18,19). The van der Waals surface area contributed by atoms with Crippen LogP contribution in [0.5, 0.6) is 0 Å². The molecule has 5 nitrogen and oxygen atoms in total. The molecule has 0 aliphatic heterocycles. The Labute approximate surface area is 118 Å².